The number of aromatic nitrogens is 2. The molecule has 1 aromatic heterocycles. The van der Waals surface area contributed by atoms with Crippen LogP contribution in [0, 0.1) is 12.8 Å². The molecule has 0 aliphatic carbocycles. The molecule has 0 radical (unpaired) electrons. The molecule has 1 unspecified atom stereocenters. The van der Waals surface area contributed by atoms with E-state index in [1.807, 2.05) is 6.92 Å². The van der Waals surface area contributed by atoms with Gasteiger partial charge in [0.05, 0.1) is 0 Å². The average Bonchev–Trinajstić information content (AvgIpc) is 2.73. The minimum absolute atomic E-state index is 0.525. The molecular weight excluding hydrogens is 212 g/mol. The Morgan fingerprint density at radius 1 is 1.67 bits per heavy atom. The maximum atomic E-state index is 5.91. The van der Waals surface area contributed by atoms with Gasteiger partial charge in [-0.1, -0.05) is 11.6 Å². The molecule has 82 valence electrons. The van der Waals surface area contributed by atoms with Crippen molar-refractivity contribution in [1.82, 2.24) is 15.3 Å². The van der Waals surface area contributed by atoms with Crippen LogP contribution in [-0.4, -0.2) is 29.6 Å². The normalized spacial score (nSPS) is 20.5. The molecule has 0 amide bonds. The first kappa shape index (κ1) is 10.6. The molecular formula is C10H15ClN4. The predicted molar refractivity (Wildman–Crippen MR) is 61.2 cm³/mol. The maximum absolute atomic E-state index is 5.91. The first-order chi connectivity index (χ1) is 7.25. The van der Waals surface area contributed by atoms with Gasteiger partial charge in [0.1, 0.15) is 5.15 Å². The number of halogens is 1. The zero-order valence-electron chi connectivity index (χ0n) is 8.76. The van der Waals surface area contributed by atoms with Crippen molar-refractivity contribution in [2.24, 2.45) is 5.92 Å². The molecule has 1 aliphatic rings. The summed E-state index contributed by atoms with van der Waals surface area (Å²) in [5.74, 6) is 1.30. The van der Waals surface area contributed by atoms with E-state index in [1.54, 1.807) is 6.20 Å². The van der Waals surface area contributed by atoms with Crippen molar-refractivity contribution in [3.8, 4) is 0 Å². The second kappa shape index (κ2) is 4.77. The quantitative estimate of drug-likeness (QED) is 0.767. The first-order valence-electron chi connectivity index (χ1n) is 5.19. The second-order valence-corrected chi connectivity index (χ2v) is 4.27. The number of hydrogen-bond donors (Lipinski definition) is 2. The number of aryl methyl sites for hydroxylation is 1. The van der Waals surface area contributed by atoms with Gasteiger partial charge in [0.15, 0.2) is 0 Å². The summed E-state index contributed by atoms with van der Waals surface area (Å²) >= 11 is 5.91. The lowest BCUT2D eigenvalue weighted by molar-refractivity contribution is 0.613. The van der Waals surface area contributed by atoms with E-state index in [2.05, 4.69) is 20.6 Å². The minimum Gasteiger partial charge on any atom is -0.354 e. The van der Waals surface area contributed by atoms with Gasteiger partial charge in [-0.25, -0.2) is 9.97 Å². The largest absolute Gasteiger partial charge is 0.354 e. The smallest absolute Gasteiger partial charge is 0.224 e. The predicted octanol–water partition coefficient (Wildman–Crippen LogP) is 1.46. The third-order valence-electron chi connectivity index (χ3n) is 2.62. The van der Waals surface area contributed by atoms with Gasteiger partial charge in [0, 0.05) is 18.3 Å². The molecule has 0 bridgehead atoms. The molecule has 1 aromatic rings. The molecule has 2 N–H and O–H groups in total. The topological polar surface area (TPSA) is 49.8 Å². The molecule has 2 heterocycles. The van der Waals surface area contributed by atoms with Gasteiger partial charge in [-0.3, -0.25) is 0 Å². The molecule has 0 aromatic carbocycles. The number of hydrogen-bond acceptors (Lipinski definition) is 4. The highest BCUT2D eigenvalue weighted by atomic mass is 35.5. The summed E-state index contributed by atoms with van der Waals surface area (Å²) in [4.78, 5) is 8.33. The van der Waals surface area contributed by atoms with Crippen molar-refractivity contribution in [2.75, 3.05) is 25.0 Å². The highest BCUT2D eigenvalue weighted by molar-refractivity contribution is 6.30. The lowest BCUT2D eigenvalue weighted by Crippen LogP contribution is -2.18. The van der Waals surface area contributed by atoms with Gasteiger partial charge >= 0.3 is 0 Å². The van der Waals surface area contributed by atoms with Crippen LogP contribution in [0.4, 0.5) is 5.95 Å². The van der Waals surface area contributed by atoms with Crippen LogP contribution in [0.1, 0.15) is 12.0 Å². The van der Waals surface area contributed by atoms with Crippen molar-refractivity contribution >= 4 is 17.5 Å². The fraction of sp³-hybridized carbons (Fsp3) is 0.600. The van der Waals surface area contributed by atoms with Crippen molar-refractivity contribution in [3.63, 3.8) is 0 Å². The van der Waals surface area contributed by atoms with Gasteiger partial charge in [-0.05, 0) is 32.4 Å². The molecule has 15 heavy (non-hydrogen) atoms. The van der Waals surface area contributed by atoms with Gasteiger partial charge in [0.25, 0.3) is 0 Å². The molecule has 4 nitrogen and oxygen atoms in total. The molecule has 1 saturated heterocycles. The number of anilines is 1. The molecule has 1 aliphatic heterocycles. The summed E-state index contributed by atoms with van der Waals surface area (Å²) in [5.41, 5.74) is 0.907. The van der Waals surface area contributed by atoms with Crippen molar-refractivity contribution < 1.29 is 0 Å². The average molecular weight is 227 g/mol. The van der Waals surface area contributed by atoms with E-state index in [-0.39, 0.29) is 0 Å². The van der Waals surface area contributed by atoms with Crippen LogP contribution in [0.25, 0.3) is 0 Å². The zero-order valence-corrected chi connectivity index (χ0v) is 9.51. The van der Waals surface area contributed by atoms with Gasteiger partial charge < -0.3 is 10.6 Å². The SMILES string of the molecule is Cc1cnc(NCC2CCNC2)nc1Cl. The Hall–Kier alpha value is -0.870. The zero-order chi connectivity index (χ0) is 10.7. The molecule has 0 saturated carbocycles. The van der Waals surface area contributed by atoms with Crippen LogP contribution >= 0.6 is 11.6 Å². The first-order valence-corrected chi connectivity index (χ1v) is 5.57. The van der Waals surface area contributed by atoms with E-state index in [1.165, 1.54) is 6.42 Å². The molecule has 0 spiro atoms. The standard InChI is InChI=1S/C10H15ClN4/c1-7-4-13-10(15-9(7)11)14-6-8-2-3-12-5-8/h4,8,12H,2-3,5-6H2,1H3,(H,13,14,15). The van der Waals surface area contributed by atoms with Crippen molar-refractivity contribution in [1.29, 1.82) is 0 Å². The number of nitrogens with zero attached hydrogens (tertiary/aromatic N) is 2. The van der Waals surface area contributed by atoms with Crippen LogP contribution in [0.3, 0.4) is 0 Å². The maximum Gasteiger partial charge on any atom is 0.224 e. The van der Waals surface area contributed by atoms with Gasteiger partial charge in [0.2, 0.25) is 5.95 Å². The molecule has 5 heteroatoms. The molecule has 1 atom stereocenters. The summed E-state index contributed by atoms with van der Waals surface area (Å²) in [6, 6.07) is 0. The van der Waals surface area contributed by atoms with E-state index in [0.717, 1.165) is 25.2 Å². The van der Waals surface area contributed by atoms with Crippen molar-refractivity contribution in [3.05, 3.63) is 16.9 Å². The van der Waals surface area contributed by atoms with Crippen LogP contribution in [0.5, 0.6) is 0 Å². The Bertz CT molecular complexity index is 336. The van der Waals surface area contributed by atoms with E-state index < -0.39 is 0 Å². The lowest BCUT2D eigenvalue weighted by atomic mass is 10.1. The van der Waals surface area contributed by atoms with Gasteiger partial charge in [-0.2, -0.15) is 0 Å². The van der Waals surface area contributed by atoms with Crippen LogP contribution in [0.2, 0.25) is 5.15 Å². The Morgan fingerprint density at radius 3 is 3.20 bits per heavy atom. The minimum atomic E-state index is 0.525. The summed E-state index contributed by atoms with van der Waals surface area (Å²) in [6.07, 6.45) is 2.96. The fourth-order valence-electron chi connectivity index (χ4n) is 1.63. The Labute approximate surface area is 94.5 Å². The summed E-state index contributed by atoms with van der Waals surface area (Å²) < 4.78 is 0. The highest BCUT2D eigenvalue weighted by Crippen LogP contribution is 2.13. The third kappa shape index (κ3) is 2.79. The molecule has 2 rings (SSSR count). The second-order valence-electron chi connectivity index (χ2n) is 3.91. The van der Waals surface area contributed by atoms with Crippen molar-refractivity contribution in [2.45, 2.75) is 13.3 Å². The Kier molecular flexibility index (Phi) is 3.38. The highest BCUT2D eigenvalue weighted by Gasteiger charge is 2.14. The van der Waals surface area contributed by atoms with Crippen LogP contribution in [-0.2, 0) is 0 Å². The number of rotatable bonds is 3. The lowest BCUT2D eigenvalue weighted by Gasteiger charge is -2.10. The summed E-state index contributed by atoms with van der Waals surface area (Å²) in [7, 11) is 0. The fourth-order valence-corrected chi connectivity index (χ4v) is 1.76. The van der Waals surface area contributed by atoms with E-state index in [9.17, 15) is 0 Å². The Balaban J connectivity index is 1.90. The van der Waals surface area contributed by atoms with E-state index in [4.69, 9.17) is 11.6 Å². The third-order valence-corrected chi connectivity index (χ3v) is 3.00. The van der Waals surface area contributed by atoms with E-state index in [0.29, 0.717) is 17.0 Å². The summed E-state index contributed by atoms with van der Waals surface area (Å²) in [6.45, 7) is 4.99. The number of nitrogens with one attached hydrogen (secondary N) is 2. The molecule has 1 fully saturated rings. The monoisotopic (exact) mass is 226 g/mol. The van der Waals surface area contributed by atoms with Gasteiger partial charge in [-0.15, -0.1) is 0 Å². The Morgan fingerprint density at radius 2 is 2.53 bits per heavy atom. The summed E-state index contributed by atoms with van der Waals surface area (Å²) in [5, 5.41) is 7.06. The van der Waals surface area contributed by atoms with Crippen LogP contribution in [0.15, 0.2) is 6.20 Å². The van der Waals surface area contributed by atoms with E-state index >= 15 is 0 Å². The van der Waals surface area contributed by atoms with Crippen LogP contribution < -0.4 is 10.6 Å².